The van der Waals surface area contributed by atoms with Crippen LogP contribution in [0.25, 0.3) is 5.52 Å². The van der Waals surface area contributed by atoms with Crippen molar-refractivity contribution in [3.8, 4) is 0 Å². The summed E-state index contributed by atoms with van der Waals surface area (Å²) in [6.07, 6.45) is 3.75. The summed E-state index contributed by atoms with van der Waals surface area (Å²) in [4.78, 5) is 25.4. The Morgan fingerprint density at radius 3 is 3.00 bits per heavy atom. The Kier molecular flexibility index (Phi) is 5.45. The molecule has 1 unspecified atom stereocenters. The second-order valence-corrected chi connectivity index (χ2v) is 6.40. The van der Waals surface area contributed by atoms with Gasteiger partial charge in [-0.05, 0) is 25.1 Å². The lowest BCUT2D eigenvalue weighted by Gasteiger charge is -2.14. The maximum atomic E-state index is 14.2. The summed E-state index contributed by atoms with van der Waals surface area (Å²) in [7, 11) is 0. The standard InChI is InChI=1S/C16H15BrFN5O3/c1-9(24)7-26-22-16(25)14-15(23-8-19-5-11(23)6-20-14)21-13-3-2-10(17)4-12(13)18/h2-6,8-9,21,24H,7H2,1H3,(H,22,25). The molecule has 2 aromatic heterocycles. The normalized spacial score (nSPS) is 12.2. The Hall–Kier alpha value is -2.56. The van der Waals surface area contributed by atoms with Crippen LogP contribution in [0.4, 0.5) is 15.9 Å². The number of amides is 1. The van der Waals surface area contributed by atoms with Gasteiger partial charge in [-0.15, -0.1) is 0 Å². The molecule has 0 radical (unpaired) electrons. The number of benzene rings is 1. The molecule has 1 amide bonds. The third kappa shape index (κ3) is 3.98. The Labute approximate surface area is 156 Å². The molecule has 8 nitrogen and oxygen atoms in total. The van der Waals surface area contributed by atoms with E-state index in [9.17, 15) is 14.3 Å². The Bertz CT molecular complexity index is 947. The van der Waals surface area contributed by atoms with Crippen molar-refractivity contribution in [2.45, 2.75) is 13.0 Å². The number of halogens is 2. The molecule has 3 N–H and O–H groups in total. The van der Waals surface area contributed by atoms with E-state index in [2.05, 4.69) is 36.7 Å². The fourth-order valence-corrected chi connectivity index (χ4v) is 2.51. The number of carbonyl (C=O) groups is 1. The topological polar surface area (TPSA) is 101 Å². The fourth-order valence-electron chi connectivity index (χ4n) is 2.17. The van der Waals surface area contributed by atoms with Gasteiger partial charge in [0, 0.05) is 4.47 Å². The van der Waals surface area contributed by atoms with E-state index in [1.807, 2.05) is 0 Å². The molecular weight excluding hydrogens is 409 g/mol. The zero-order valence-electron chi connectivity index (χ0n) is 13.6. The number of nitrogens with one attached hydrogen (secondary N) is 2. The number of aliphatic hydroxyl groups excluding tert-OH is 1. The van der Waals surface area contributed by atoms with Crippen LogP contribution in [0, 0.1) is 5.82 Å². The molecule has 0 aliphatic carbocycles. The molecule has 0 saturated heterocycles. The molecule has 0 spiro atoms. The quantitative estimate of drug-likeness (QED) is 0.526. The number of anilines is 2. The van der Waals surface area contributed by atoms with Crippen LogP contribution in [0.3, 0.4) is 0 Å². The summed E-state index contributed by atoms with van der Waals surface area (Å²) < 4.78 is 16.4. The fraction of sp³-hybridized carbons (Fsp3) is 0.188. The van der Waals surface area contributed by atoms with Crippen molar-refractivity contribution >= 4 is 38.9 Å². The van der Waals surface area contributed by atoms with Gasteiger partial charge in [-0.3, -0.25) is 14.0 Å². The van der Waals surface area contributed by atoms with Gasteiger partial charge in [0.1, 0.15) is 24.6 Å². The van der Waals surface area contributed by atoms with E-state index >= 15 is 0 Å². The first-order valence-electron chi connectivity index (χ1n) is 7.59. The molecule has 2 heterocycles. The highest BCUT2D eigenvalue weighted by Gasteiger charge is 2.18. The van der Waals surface area contributed by atoms with E-state index in [-0.39, 0.29) is 23.8 Å². The second kappa shape index (κ2) is 7.77. The predicted molar refractivity (Wildman–Crippen MR) is 95.5 cm³/mol. The van der Waals surface area contributed by atoms with Crippen molar-refractivity contribution < 1.29 is 19.1 Å². The van der Waals surface area contributed by atoms with Crippen LogP contribution >= 0.6 is 15.9 Å². The number of hydrogen-bond donors (Lipinski definition) is 3. The van der Waals surface area contributed by atoms with Gasteiger partial charge in [0.15, 0.2) is 5.69 Å². The van der Waals surface area contributed by atoms with Crippen molar-refractivity contribution in [2.24, 2.45) is 0 Å². The van der Waals surface area contributed by atoms with Gasteiger partial charge in [0.25, 0.3) is 5.91 Å². The molecule has 3 rings (SSSR count). The number of fused-ring (bicyclic) bond motifs is 1. The molecule has 0 aliphatic heterocycles. The van der Waals surface area contributed by atoms with Gasteiger partial charge in [-0.25, -0.2) is 19.8 Å². The van der Waals surface area contributed by atoms with E-state index in [0.29, 0.717) is 9.99 Å². The molecule has 26 heavy (non-hydrogen) atoms. The minimum absolute atomic E-state index is 0.0246. The molecule has 1 atom stereocenters. The molecule has 136 valence electrons. The van der Waals surface area contributed by atoms with Crippen molar-refractivity contribution in [3.05, 3.63) is 52.9 Å². The number of hydroxylamine groups is 1. The van der Waals surface area contributed by atoms with Gasteiger partial charge in [0.2, 0.25) is 0 Å². The van der Waals surface area contributed by atoms with Gasteiger partial charge in [0.05, 0.1) is 29.7 Å². The van der Waals surface area contributed by atoms with Crippen molar-refractivity contribution in [1.82, 2.24) is 19.8 Å². The molecular formula is C16H15BrFN5O3. The highest BCUT2D eigenvalue weighted by molar-refractivity contribution is 9.10. The van der Waals surface area contributed by atoms with E-state index < -0.39 is 17.8 Å². The largest absolute Gasteiger partial charge is 0.391 e. The molecule has 0 bridgehead atoms. The van der Waals surface area contributed by atoms with Crippen LogP contribution < -0.4 is 10.8 Å². The van der Waals surface area contributed by atoms with E-state index in [1.165, 1.54) is 31.6 Å². The van der Waals surface area contributed by atoms with Gasteiger partial charge >= 0.3 is 0 Å². The van der Waals surface area contributed by atoms with Crippen LogP contribution in [0.15, 0.2) is 41.4 Å². The number of imidazole rings is 1. The van der Waals surface area contributed by atoms with Crippen molar-refractivity contribution in [2.75, 3.05) is 11.9 Å². The minimum atomic E-state index is -0.742. The molecule has 0 aliphatic rings. The summed E-state index contributed by atoms with van der Waals surface area (Å²) in [5, 5.41) is 12.1. The van der Waals surface area contributed by atoms with E-state index in [1.54, 1.807) is 16.7 Å². The molecule has 3 aromatic rings. The van der Waals surface area contributed by atoms with Gasteiger partial charge < -0.3 is 10.4 Å². The lowest BCUT2D eigenvalue weighted by atomic mass is 10.3. The maximum Gasteiger partial charge on any atom is 0.297 e. The Morgan fingerprint density at radius 2 is 2.27 bits per heavy atom. The van der Waals surface area contributed by atoms with Crippen LogP contribution in [-0.2, 0) is 4.84 Å². The Balaban J connectivity index is 1.96. The monoisotopic (exact) mass is 423 g/mol. The van der Waals surface area contributed by atoms with Crippen LogP contribution in [0.5, 0.6) is 0 Å². The third-order valence-corrected chi connectivity index (χ3v) is 3.84. The second-order valence-electron chi connectivity index (χ2n) is 5.48. The predicted octanol–water partition coefficient (Wildman–Crippen LogP) is 2.42. The van der Waals surface area contributed by atoms with Crippen molar-refractivity contribution in [3.63, 3.8) is 0 Å². The number of aliphatic hydroxyl groups is 1. The summed E-state index contributed by atoms with van der Waals surface area (Å²) in [6.45, 7) is 1.44. The first-order valence-corrected chi connectivity index (χ1v) is 8.38. The number of carbonyl (C=O) groups excluding carboxylic acids is 1. The average Bonchev–Trinajstić information content (AvgIpc) is 3.06. The number of aromatic nitrogens is 3. The van der Waals surface area contributed by atoms with Crippen molar-refractivity contribution in [1.29, 1.82) is 0 Å². The molecule has 0 fully saturated rings. The first-order chi connectivity index (χ1) is 12.5. The van der Waals surface area contributed by atoms with Gasteiger partial charge in [-0.1, -0.05) is 15.9 Å². The first kappa shape index (κ1) is 18.2. The lowest BCUT2D eigenvalue weighted by Crippen LogP contribution is -2.29. The minimum Gasteiger partial charge on any atom is -0.391 e. The van der Waals surface area contributed by atoms with Crippen LogP contribution in [-0.4, -0.2) is 38.1 Å². The summed E-state index contributed by atoms with van der Waals surface area (Å²) in [5.41, 5.74) is 2.96. The molecule has 0 saturated carbocycles. The number of rotatable bonds is 6. The van der Waals surface area contributed by atoms with Gasteiger partial charge in [-0.2, -0.15) is 0 Å². The lowest BCUT2D eigenvalue weighted by molar-refractivity contribution is -0.00709. The number of hydrogen-bond acceptors (Lipinski definition) is 6. The summed E-state index contributed by atoms with van der Waals surface area (Å²) in [5.74, 6) is -0.936. The highest BCUT2D eigenvalue weighted by Crippen LogP contribution is 2.25. The number of nitrogens with zero attached hydrogens (tertiary/aromatic N) is 3. The average molecular weight is 424 g/mol. The van der Waals surface area contributed by atoms with Crippen LogP contribution in [0.2, 0.25) is 0 Å². The van der Waals surface area contributed by atoms with E-state index in [4.69, 9.17) is 4.84 Å². The summed E-state index contributed by atoms with van der Waals surface area (Å²) >= 11 is 3.20. The summed E-state index contributed by atoms with van der Waals surface area (Å²) in [6, 6.07) is 4.49. The van der Waals surface area contributed by atoms with Crippen LogP contribution in [0.1, 0.15) is 17.4 Å². The van der Waals surface area contributed by atoms with E-state index in [0.717, 1.165) is 0 Å². The highest BCUT2D eigenvalue weighted by atomic mass is 79.9. The maximum absolute atomic E-state index is 14.2. The zero-order valence-corrected chi connectivity index (χ0v) is 15.2. The zero-order chi connectivity index (χ0) is 18.7. The molecule has 10 heteroatoms. The Morgan fingerprint density at radius 1 is 1.46 bits per heavy atom. The third-order valence-electron chi connectivity index (χ3n) is 3.35. The SMILES string of the molecule is CC(O)CONC(=O)c1ncc2cncn2c1Nc1ccc(Br)cc1F. The molecule has 1 aromatic carbocycles. The smallest absolute Gasteiger partial charge is 0.297 e.